The normalized spacial score (nSPS) is 14.2. The van der Waals surface area contributed by atoms with Crippen LogP contribution in [0.2, 0.25) is 0 Å². The molecule has 2 rings (SSSR count). The topological polar surface area (TPSA) is 73.5 Å². The Morgan fingerprint density at radius 1 is 1.35 bits per heavy atom. The SMILES string of the molecule is CCCNCC(=O)Nc1ccc(N2CCNC2=O)cc1. The third-order valence-electron chi connectivity index (χ3n) is 3.03. The largest absolute Gasteiger partial charge is 0.336 e. The van der Waals surface area contributed by atoms with Gasteiger partial charge in [0.1, 0.15) is 0 Å². The van der Waals surface area contributed by atoms with E-state index < -0.39 is 0 Å². The molecule has 0 radical (unpaired) electrons. The number of carbonyl (C=O) groups is 2. The van der Waals surface area contributed by atoms with Gasteiger partial charge in [0.2, 0.25) is 5.91 Å². The zero-order valence-electron chi connectivity index (χ0n) is 11.6. The van der Waals surface area contributed by atoms with Gasteiger partial charge in [0.25, 0.3) is 0 Å². The molecule has 0 spiro atoms. The highest BCUT2D eigenvalue weighted by Gasteiger charge is 2.20. The van der Waals surface area contributed by atoms with Crippen molar-refractivity contribution in [3.63, 3.8) is 0 Å². The highest BCUT2D eigenvalue weighted by molar-refractivity contribution is 5.95. The van der Waals surface area contributed by atoms with E-state index in [1.807, 2.05) is 12.1 Å². The summed E-state index contributed by atoms with van der Waals surface area (Å²) in [6, 6.07) is 7.20. The summed E-state index contributed by atoms with van der Waals surface area (Å²) < 4.78 is 0. The Bertz CT molecular complexity index is 473. The van der Waals surface area contributed by atoms with Gasteiger partial charge < -0.3 is 16.0 Å². The highest BCUT2D eigenvalue weighted by atomic mass is 16.2. The standard InChI is InChI=1S/C14H20N4O2/c1-2-7-15-10-13(19)17-11-3-5-12(6-4-11)18-9-8-16-14(18)20/h3-6,15H,2,7-10H2,1H3,(H,16,20)(H,17,19). The molecule has 0 bridgehead atoms. The smallest absolute Gasteiger partial charge is 0.321 e. The van der Waals surface area contributed by atoms with E-state index in [2.05, 4.69) is 22.9 Å². The number of nitrogens with zero attached hydrogens (tertiary/aromatic N) is 1. The summed E-state index contributed by atoms with van der Waals surface area (Å²) in [5, 5.41) is 8.61. The van der Waals surface area contributed by atoms with Crippen molar-refractivity contribution in [2.45, 2.75) is 13.3 Å². The molecule has 0 atom stereocenters. The quantitative estimate of drug-likeness (QED) is 0.683. The van der Waals surface area contributed by atoms with Crippen LogP contribution in [0.3, 0.4) is 0 Å². The van der Waals surface area contributed by atoms with E-state index >= 15 is 0 Å². The predicted octanol–water partition coefficient (Wildman–Crippen LogP) is 1.15. The average Bonchev–Trinajstić information content (AvgIpc) is 2.86. The van der Waals surface area contributed by atoms with Crippen molar-refractivity contribution in [2.75, 3.05) is 36.4 Å². The molecule has 1 aliphatic heterocycles. The van der Waals surface area contributed by atoms with Crippen LogP contribution < -0.4 is 20.9 Å². The molecule has 1 aromatic rings. The van der Waals surface area contributed by atoms with Crippen LogP contribution >= 0.6 is 0 Å². The third kappa shape index (κ3) is 3.71. The van der Waals surface area contributed by atoms with Gasteiger partial charge in [0.05, 0.1) is 6.54 Å². The number of anilines is 2. The Morgan fingerprint density at radius 3 is 2.70 bits per heavy atom. The first-order chi connectivity index (χ1) is 9.70. The van der Waals surface area contributed by atoms with Gasteiger partial charge in [-0.25, -0.2) is 4.79 Å². The minimum atomic E-state index is -0.0782. The fourth-order valence-corrected chi connectivity index (χ4v) is 2.03. The van der Waals surface area contributed by atoms with Crippen molar-refractivity contribution in [1.29, 1.82) is 0 Å². The number of carbonyl (C=O) groups excluding carboxylic acids is 2. The first-order valence-electron chi connectivity index (χ1n) is 6.86. The predicted molar refractivity (Wildman–Crippen MR) is 79.0 cm³/mol. The maximum atomic E-state index is 11.6. The molecule has 0 saturated carbocycles. The average molecular weight is 276 g/mol. The molecule has 3 amide bonds. The summed E-state index contributed by atoms with van der Waals surface area (Å²) in [6.07, 6.45) is 1.000. The van der Waals surface area contributed by atoms with Crippen LogP contribution in [0.25, 0.3) is 0 Å². The van der Waals surface area contributed by atoms with E-state index in [0.717, 1.165) is 24.3 Å². The maximum absolute atomic E-state index is 11.6. The molecule has 1 aliphatic rings. The Morgan fingerprint density at radius 2 is 2.10 bits per heavy atom. The zero-order valence-corrected chi connectivity index (χ0v) is 11.6. The van der Waals surface area contributed by atoms with Gasteiger partial charge in [0.15, 0.2) is 0 Å². The van der Waals surface area contributed by atoms with Crippen LogP contribution in [0, 0.1) is 0 Å². The Hall–Kier alpha value is -2.08. The molecule has 1 saturated heterocycles. The summed E-state index contributed by atoms with van der Waals surface area (Å²) in [5.41, 5.74) is 1.57. The van der Waals surface area contributed by atoms with E-state index in [1.54, 1.807) is 17.0 Å². The molecule has 6 nitrogen and oxygen atoms in total. The van der Waals surface area contributed by atoms with Gasteiger partial charge >= 0.3 is 6.03 Å². The Balaban J connectivity index is 1.88. The fraction of sp³-hybridized carbons (Fsp3) is 0.429. The number of hydrogen-bond donors (Lipinski definition) is 3. The highest BCUT2D eigenvalue weighted by Crippen LogP contribution is 2.19. The second-order valence-corrected chi connectivity index (χ2v) is 4.66. The Kier molecular flexibility index (Phi) is 4.95. The van der Waals surface area contributed by atoms with Gasteiger partial charge in [-0.2, -0.15) is 0 Å². The fourth-order valence-electron chi connectivity index (χ4n) is 2.03. The van der Waals surface area contributed by atoms with Gasteiger partial charge in [-0.15, -0.1) is 0 Å². The van der Waals surface area contributed by atoms with Crippen molar-refractivity contribution in [3.8, 4) is 0 Å². The Labute approximate surface area is 118 Å². The summed E-state index contributed by atoms with van der Waals surface area (Å²) in [7, 11) is 0. The molecule has 0 aliphatic carbocycles. The van der Waals surface area contributed by atoms with Gasteiger partial charge in [-0.05, 0) is 37.2 Å². The van der Waals surface area contributed by atoms with E-state index in [-0.39, 0.29) is 11.9 Å². The number of hydrogen-bond acceptors (Lipinski definition) is 3. The zero-order chi connectivity index (χ0) is 14.4. The van der Waals surface area contributed by atoms with E-state index in [4.69, 9.17) is 0 Å². The van der Waals surface area contributed by atoms with Gasteiger partial charge in [0, 0.05) is 24.5 Å². The van der Waals surface area contributed by atoms with Crippen LogP contribution in [-0.4, -0.2) is 38.1 Å². The van der Waals surface area contributed by atoms with Crippen molar-refractivity contribution >= 4 is 23.3 Å². The van der Waals surface area contributed by atoms with Gasteiger partial charge in [-0.3, -0.25) is 9.69 Å². The van der Waals surface area contributed by atoms with E-state index in [9.17, 15) is 9.59 Å². The molecule has 0 unspecified atom stereocenters. The first kappa shape index (κ1) is 14.3. The summed E-state index contributed by atoms with van der Waals surface area (Å²) >= 11 is 0. The molecule has 20 heavy (non-hydrogen) atoms. The minimum absolute atomic E-state index is 0.0647. The van der Waals surface area contributed by atoms with Crippen LogP contribution in [0.15, 0.2) is 24.3 Å². The molecule has 6 heteroatoms. The molecule has 1 aromatic carbocycles. The van der Waals surface area contributed by atoms with Crippen molar-refractivity contribution in [2.24, 2.45) is 0 Å². The number of rotatable bonds is 6. The van der Waals surface area contributed by atoms with Crippen molar-refractivity contribution < 1.29 is 9.59 Å². The first-order valence-corrected chi connectivity index (χ1v) is 6.86. The lowest BCUT2D eigenvalue weighted by Crippen LogP contribution is -2.29. The lowest BCUT2D eigenvalue weighted by Gasteiger charge is -2.14. The van der Waals surface area contributed by atoms with Crippen LogP contribution in [-0.2, 0) is 4.79 Å². The molecular weight excluding hydrogens is 256 g/mol. The molecule has 1 heterocycles. The molecule has 108 valence electrons. The number of benzene rings is 1. The molecule has 3 N–H and O–H groups in total. The number of amides is 3. The number of nitrogens with one attached hydrogen (secondary N) is 3. The van der Waals surface area contributed by atoms with Crippen molar-refractivity contribution in [1.82, 2.24) is 10.6 Å². The summed E-state index contributed by atoms with van der Waals surface area (Å²) in [4.78, 5) is 24.8. The molecular formula is C14H20N4O2. The summed E-state index contributed by atoms with van der Waals surface area (Å²) in [5.74, 6) is -0.0647. The van der Waals surface area contributed by atoms with E-state index in [0.29, 0.717) is 19.6 Å². The second kappa shape index (κ2) is 6.91. The monoisotopic (exact) mass is 276 g/mol. The lowest BCUT2D eigenvalue weighted by molar-refractivity contribution is -0.115. The van der Waals surface area contributed by atoms with Crippen LogP contribution in [0.5, 0.6) is 0 Å². The maximum Gasteiger partial charge on any atom is 0.321 e. The third-order valence-corrected chi connectivity index (χ3v) is 3.03. The summed E-state index contributed by atoms with van der Waals surface area (Å²) in [6.45, 7) is 4.53. The van der Waals surface area contributed by atoms with Crippen molar-refractivity contribution in [3.05, 3.63) is 24.3 Å². The van der Waals surface area contributed by atoms with Crippen LogP contribution in [0.1, 0.15) is 13.3 Å². The second-order valence-electron chi connectivity index (χ2n) is 4.66. The molecule has 0 aromatic heterocycles. The minimum Gasteiger partial charge on any atom is -0.336 e. The van der Waals surface area contributed by atoms with Gasteiger partial charge in [-0.1, -0.05) is 6.92 Å². The lowest BCUT2D eigenvalue weighted by atomic mass is 10.2. The molecule has 1 fully saturated rings. The van der Waals surface area contributed by atoms with Crippen LogP contribution in [0.4, 0.5) is 16.2 Å². The number of urea groups is 1. The van der Waals surface area contributed by atoms with E-state index in [1.165, 1.54) is 0 Å².